The zero-order chi connectivity index (χ0) is 13.1. The first-order valence-corrected chi connectivity index (χ1v) is 5.64. The summed E-state index contributed by atoms with van der Waals surface area (Å²) >= 11 is 0. The topological polar surface area (TPSA) is 55.6 Å². The van der Waals surface area contributed by atoms with E-state index in [2.05, 4.69) is 4.74 Å². The SMILES string of the molecule is NCC1CN(C(=O)c2cccc(OC(F)F)c2)C1. The van der Waals surface area contributed by atoms with E-state index in [1.54, 1.807) is 11.0 Å². The van der Waals surface area contributed by atoms with Gasteiger partial charge in [-0.25, -0.2) is 0 Å². The molecule has 1 fully saturated rings. The third kappa shape index (κ3) is 2.76. The summed E-state index contributed by atoms with van der Waals surface area (Å²) in [6, 6.07) is 5.81. The van der Waals surface area contributed by atoms with Crippen LogP contribution in [0.3, 0.4) is 0 Å². The predicted molar refractivity (Wildman–Crippen MR) is 61.5 cm³/mol. The Bertz CT molecular complexity index is 434. The lowest BCUT2D eigenvalue weighted by molar-refractivity contribution is -0.0499. The largest absolute Gasteiger partial charge is 0.435 e. The van der Waals surface area contributed by atoms with Crippen LogP contribution in [0.4, 0.5) is 8.78 Å². The summed E-state index contributed by atoms with van der Waals surface area (Å²) in [5.74, 6) is 0.153. The van der Waals surface area contributed by atoms with Gasteiger partial charge in [0.05, 0.1) is 0 Å². The van der Waals surface area contributed by atoms with Crippen molar-refractivity contribution in [3.63, 3.8) is 0 Å². The van der Waals surface area contributed by atoms with Crippen molar-refractivity contribution >= 4 is 5.91 Å². The van der Waals surface area contributed by atoms with Crippen molar-refractivity contribution in [2.45, 2.75) is 6.61 Å². The van der Waals surface area contributed by atoms with Gasteiger partial charge in [0.25, 0.3) is 5.91 Å². The van der Waals surface area contributed by atoms with Crippen LogP contribution >= 0.6 is 0 Å². The summed E-state index contributed by atoms with van der Waals surface area (Å²) < 4.78 is 28.4. The maximum atomic E-state index is 12.1. The Hall–Kier alpha value is -1.69. The average molecular weight is 256 g/mol. The summed E-state index contributed by atoms with van der Waals surface area (Å²) in [5.41, 5.74) is 5.82. The Morgan fingerprint density at radius 3 is 2.83 bits per heavy atom. The van der Waals surface area contributed by atoms with Gasteiger partial charge < -0.3 is 15.4 Å². The molecule has 1 saturated heterocycles. The fourth-order valence-electron chi connectivity index (χ4n) is 1.87. The summed E-state index contributed by atoms with van der Waals surface area (Å²) in [4.78, 5) is 13.6. The number of alkyl halides is 2. The number of nitrogens with zero attached hydrogens (tertiary/aromatic N) is 1. The molecule has 2 N–H and O–H groups in total. The van der Waals surface area contributed by atoms with Crippen molar-refractivity contribution in [3.05, 3.63) is 29.8 Å². The van der Waals surface area contributed by atoms with Gasteiger partial charge >= 0.3 is 6.61 Å². The number of hydrogen-bond acceptors (Lipinski definition) is 3. The second kappa shape index (κ2) is 5.30. The van der Waals surface area contributed by atoms with Crippen molar-refractivity contribution in [2.75, 3.05) is 19.6 Å². The molecule has 1 aliphatic heterocycles. The first kappa shape index (κ1) is 12.8. The summed E-state index contributed by atoms with van der Waals surface area (Å²) in [6.45, 7) is -1.09. The van der Waals surface area contributed by atoms with E-state index in [0.29, 0.717) is 31.1 Å². The Labute approximate surface area is 103 Å². The second-order valence-corrected chi connectivity index (χ2v) is 4.22. The molecule has 18 heavy (non-hydrogen) atoms. The predicted octanol–water partition coefficient (Wildman–Crippen LogP) is 1.32. The molecule has 1 aliphatic rings. The molecule has 0 bridgehead atoms. The lowest BCUT2D eigenvalue weighted by Gasteiger charge is -2.38. The standard InChI is InChI=1S/C12H14F2N2O2/c13-12(14)18-10-3-1-2-9(4-10)11(17)16-6-8(5-15)7-16/h1-4,8,12H,5-7,15H2. The number of amides is 1. The number of benzene rings is 1. The average Bonchev–Trinajstić information content (AvgIpc) is 2.27. The van der Waals surface area contributed by atoms with Crippen LogP contribution < -0.4 is 10.5 Å². The fourth-order valence-corrected chi connectivity index (χ4v) is 1.87. The van der Waals surface area contributed by atoms with Gasteiger partial charge in [-0.15, -0.1) is 0 Å². The molecule has 0 aliphatic carbocycles. The van der Waals surface area contributed by atoms with Gasteiger partial charge in [0.1, 0.15) is 5.75 Å². The maximum Gasteiger partial charge on any atom is 0.387 e. The molecule has 1 aromatic carbocycles. The Kier molecular flexibility index (Phi) is 3.76. The number of hydrogen-bond donors (Lipinski definition) is 1. The van der Waals surface area contributed by atoms with Gasteiger partial charge in [-0.1, -0.05) is 6.07 Å². The van der Waals surface area contributed by atoms with Crippen molar-refractivity contribution in [3.8, 4) is 5.75 Å². The zero-order valence-electron chi connectivity index (χ0n) is 9.68. The van der Waals surface area contributed by atoms with E-state index in [9.17, 15) is 13.6 Å². The number of ether oxygens (including phenoxy) is 1. The molecule has 1 heterocycles. The summed E-state index contributed by atoms with van der Waals surface area (Å²) in [6.07, 6.45) is 0. The molecule has 98 valence electrons. The summed E-state index contributed by atoms with van der Waals surface area (Å²) in [7, 11) is 0. The van der Waals surface area contributed by atoms with Gasteiger partial charge in [-0.05, 0) is 24.7 Å². The van der Waals surface area contributed by atoms with E-state index in [1.165, 1.54) is 18.2 Å². The third-order valence-corrected chi connectivity index (χ3v) is 2.88. The van der Waals surface area contributed by atoms with Crippen LogP contribution in [-0.4, -0.2) is 37.1 Å². The molecule has 0 atom stereocenters. The van der Waals surface area contributed by atoms with Crippen molar-refractivity contribution < 1.29 is 18.3 Å². The number of rotatable bonds is 4. The number of carbonyl (C=O) groups is 1. The molecule has 2 rings (SSSR count). The number of likely N-dealkylation sites (tertiary alicyclic amines) is 1. The molecule has 0 aromatic heterocycles. The molecule has 0 radical (unpaired) electrons. The highest BCUT2D eigenvalue weighted by atomic mass is 19.3. The molecule has 1 amide bonds. The van der Waals surface area contributed by atoms with Gasteiger partial charge in [-0.3, -0.25) is 4.79 Å². The van der Waals surface area contributed by atoms with Crippen molar-refractivity contribution in [1.82, 2.24) is 4.90 Å². The van der Waals surface area contributed by atoms with Gasteiger partial charge in [0.2, 0.25) is 0 Å². The Balaban J connectivity index is 2.02. The van der Waals surface area contributed by atoms with E-state index in [1.807, 2.05) is 0 Å². The van der Waals surface area contributed by atoms with Crippen molar-refractivity contribution in [2.24, 2.45) is 11.7 Å². The molecular formula is C12H14F2N2O2. The first-order valence-electron chi connectivity index (χ1n) is 5.64. The van der Waals surface area contributed by atoms with E-state index in [0.717, 1.165) is 0 Å². The smallest absolute Gasteiger partial charge is 0.387 e. The minimum Gasteiger partial charge on any atom is -0.435 e. The number of carbonyl (C=O) groups excluding carboxylic acids is 1. The lowest BCUT2D eigenvalue weighted by Crippen LogP contribution is -2.52. The molecule has 0 unspecified atom stereocenters. The quantitative estimate of drug-likeness (QED) is 0.884. The van der Waals surface area contributed by atoms with Crippen LogP contribution in [0.5, 0.6) is 5.75 Å². The molecular weight excluding hydrogens is 242 g/mol. The molecule has 0 saturated carbocycles. The molecule has 0 spiro atoms. The minimum absolute atomic E-state index is 0.00764. The normalized spacial score (nSPS) is 15.7. The highest BCUT2D eigenvalue weighted by Crippen LogP contribution is 2.21. The van der Waals surface area contributed by atoms with Gasteiger partial charge in [0, 0.05) is 24.6 Å². The van der Waals surface area contributed by atoms with Crippen LogP contribution in [0.2, 0.25) is 0 Å². The number of halogens is 2. The van der Waals surface area contributed by atoms with Crippen LogP contribution in [0.15, 0.2) is 24.3 Å². The highest BCUT2D eigenvalue weighted by molar-refractivity contribution is 5.95. The van der Waals surface area contributed by atoms with Crippen LogP contribution in [0.1, 0.15) is 10.4 Å². The monoisotopic (exact) mass is 256 g/mol. The van der Waals surface area contributed by atoms with E-state index in [4.69, 9.17) is 5.73 Å². The molecule has 6 heteroatoms. The fraction of sp³-hybridized carbons (Fsp3) is 0.417. The summed E-state index contributed by atoms with van der Waals surface area (Å²) in [5, 5.41) is 0. The lowest BCUT2D eigenvalue weighted by atomic mass is 9.99. The Morgan fingerprint density at radius 2 is 2.22 bits per heavy atom. The maximum absolute atomic E-state index is 12.1. The van der Waals surface area contributed by atoms with Crippen LogP contribution in [-0.2, 0) is 0 Å². The highest BCUT2D eigenvalue weighted by Gasteiger charge is 2.30. The zero-order valence-corrected chi connectivity index (χ0v) is 9.68. The van der Waals surface area contributed by atoms with Gasteiger partial charge in [0.15, 0.2) is 0 Å². The van der Waals surface area contributed by atoms with E-state index in [-0.39, 0.29) is 11.7 Å². The minimum atomic E-state index is -2.89. The third-order valence-electron chi connectivity index (χ3n) is 2.88. The van der Waals surface area contributed by atoms with Crippen LogP contribution in [0.25, 0.3) is 0 Å². The molecule has 4 nitrogen and oxygen atoms in total. The van der Waals surface area contributed by atoms with Gasteiger partial charge in [-0.2, -0.15) is 8.78 Å². The second-order valence-electron chi connectivity index (χ2n) is 4.22. The first-order chi connectivity index (χ1) is 8.60. The van der Waals surface area contributed by atoms with Crippen LogP contribution in [0, 0.1) is 5.92 Å². The van der Waals surface area contributed by atoms with Crippen molar-refractivity contribution in [1.29, 1.82) is 0 Å². The number of nitrogens with two attached hydrogens (primary N) is 1. The molecule has 1 aromatic rings. The van der Waals surface area contributed by atoms with E-state index >= 15 is 0 Å². The van der Waals surface area contributed by atoms with E-state index < -0.39 is 6.61 Å². The Morgan fingerprint density at radius 1 is 1.50 bits per heavy atom.